The summed E-state index contributed by atoms with van der Waals surface area (Å²) < 4.78 is 1.04. The lowest BCUT2D eigenvalue weighted by atomic mass is 10.1. The summed E-state index contributed by atoms with van der Waals surface area (Å²) in [6, 6.07) is 6.24. The molecule has 1 N–H and O–H groups in total. The van der Waals surface area contributed by atoms with E-state index in [1.54, 1.807) is 0 Å². The number of nitrogens with one attached hydrogen (secondary N) is 1. The number of aryl methyl sites for hydroxylation is 3. The van der Waals surface area contributed by atoms with E-state index in [2.05, 4.69) is 63.3 Å². The molecule has 3 nitrogen and oxygen atoms in total. The molecule has 0 atom stereocenters. The second-order valence-corrected chi connectivity index (χ2v) is 5.81. The maximum atomic E-state index is 4.67. The molecular weight excluding hydrogens is 314 g/mol. The standard InChI is InChI=1S/C16H20BrN3/c1-5-18-9-14-11(3)19-16(20-12(14)4)13-7-6-10(2)8-15(13)17/h6-8,18H,5,9H2,1-4H3. The number of hydrogen-bond donors (Lipinski definition) is 1. The lowest BCUT2D eigenvalue weighted by molar-refractivity contribution is 0.711. The van der Waals surface area contributed by atoms with Gasteiger partial charge in [-0.3, -0.25) is 0 Å². The molecule has 1 aromatic heterocycles. The van der Waals surface area contributed by atoms with Crippen molar-refractivity contribution >= 4 is 15.9 Å². The van der Waals surface area contributed by atoms with E-state index in [-0.39, 0.29) is 0 Å². The first-order chi connectivity index (χ1) is 9.52. The highest BCUT2D eigenvalue weighted by Gasteiger charge is 2.11. The fraction of sp³-hybridized carbons (Fsp3) is 0.375. The normalized spacial score (nSPS) is 10.8. The minimum Gasteiger partial charge on any atom is -0.313 e. The molecule has 1 heterocycles. The third-order valence-electron chi connectivity index (χ3n) is 3.34. The van der Waals surface area contributed by atoms with Gasteiger partial charge >= 0.3 is 0 Å². The van der Waals surface area contributed by atoms with Crippen molar-refractivity contribution in [3.8, 4) is 11.4 Å². The number of nitrogens with zero attached hydrogens (tertiary/aromatic N) is 2. The van der Waals surface area contributed by atoms with Gasteiger partial charge < -0.3 is 5.32 Å². The van der Waals surface area contributed by atoms with E-state index >= 15 is 0 Å². The van der Waals surface area contributed by atoms with Gasteiger partial charge in [0.1, 0.15) is 0 Å². The summed E-state index contributed by atoms with van der Waals surface area (Å²) in [5.74, 6) is 0.784. The van der Waals surface area contributed by atoms with E-state index in [4.69, 9.17) is 0 Å². The molecule has 0 saturated carbocycles. The van der Waals surface area contributed by atoms with E-state index in [1.807, 2.05) is 13.8 Å². The van der Waals surface area contributed by atoms with Crippen LogP contribution < -0.4 is 5.32 Å². The van der Waals surface area contributed by atoms with Gasteiger partial charge in [0.05, 0.1) is 0 Å². The molecular formula is C16H20BrN3. The molecule has 0 fully saturated rings. The molecule has 2 rings (SSSR count). The van der Waals surface area contributed by atoms with Gasteiger partial charge in [0.2, 0.25) is 0 Å². The van der Waals surface area contributed by atoms with Gasteiger partial charge in [-0.05, 0) is 45.0 Å². The highest BCUT2D eigenvalue weighted by Crippen LogP contribution is 2.27. The quantitative estimate of drug-likeness (QED) is 0.920. The van der Waals surface area contributed by atoms with Gasteiger partial charge in [-0.2, -0.15) is 0 Å². The number of halogens is 1. The van der Waals surface area contributed by atoms with Crippen molar-refractivity contribution in [2.75, 3.05) is 6.54 Å². The van der Waals surface area contributed by atoms with Crippen LogP contribution in [0.3, 0.4) is 0 Å². The van der Waals surface area contributed by atoms with E-state index in [1.165, 1.54) is 11.1 Å². The zero-order valence-electron chi connectivity index (χ0n) is 12.4. The van der Waals surface area contributed by atoms with Crippen LogP contribution >= 0.6 is 15.9 Å². The third kappa shape index (κ3) is 3.25. The molecule has 0 saturated heterocycles. The van der Waals surface area contributed by atoms with Crippen molar-refractivity contribution in [2.45, 2.75) is 34.2 Å². The number of benzene rings is 1. The first-order valence-corrected chi connectivity index (χ1v) is 7.63. The second kappa shape index (κ2) is 6.46. The highest BCUT2D eigenvalue weighted by atomic mass is 79.9. The molecule has 4 heteroatoms. The molecule has 0 unspecified atom stereocenters. The van der Waals surface area contributed by atoms with Gasteiger partial charge in [-0.25, -0.2) is 9.97 Å². The molecule has 0 spiro atoms. The zero-order valence-corrected chi connectivity index (χ0v) is 14.0. The maximum absolute atomic E-state index is 4.67. The Bertz CT molecular complexity index is 600. The number of aromatic nitrogens is 2. The van der Waals surface area contributed by atoms with Crippen molar-refractivity contribution in [1.82, 2.24) is 15.3 Å². The molecule has 106 valence electrons. The van der Waals surface area contributed by atoms with Crippen LogP contribution in [0.5, 0.6) is 0 Å². The van der Waals surface area contributed by atoms with Gasteiger partial charge in [0.25, 0.3) is 0 Å². The van der Waals surface area contributed by atoms with Crippen LogP contribution in [0, 0.1) is 20.8 Å². The minimum absolute atomic E-state index is 0.784. The van der Waals surface area contributed by atoms with Crippen LogP contribution in [-0.4, -0.2) is 16.5 Å². The fourth-order valence-electron chi connectivity index (χ4n) is 2.17. The summed E-state index contributed by atoms with van der Waals surface area (Å²) in [4.78, 5) is 9.33. The van der Waals surface area contributed by atoms with Crippen LogP contribution in [0.25, 0.3) is 11.4 Å². The van der Waals surface area contributed by atoms with Crippen molar-refractivity contribution in [3.63, 3.8) is 0 Å². The molecule has 0 aliphatic rings. The molecule has 20 heavy (non-hydrogen) atoms. The van der Waals surface area contributed by atoms with Gasteiger partial charge in [-0.1, -0.05) is 28.9 Å². The number of hydrogen-bond acceptors (Lipinski definition) is 3. The van der Waals surface area contributed by atoms with Crippen LogP contribution in [0.1, 0.15) is 29.4 Å². The summed E-state index contributed by atoms with van der Waals surface area (Å²) in [5.41, 5.74) is 5.54. The van der Waals surface area contributed by atoms with Gasteiger partial charge in [0.15, 0.2) is 5.82 Å². The summed E-state index contributed by atoms with van der Waals surface area (Å²) in [6.07, 6.45) is 0. The molecule has 0 amide bonds. The van der Waals surface area contributed by atoms with Crippen molar-refractivity contribution < 1.29 is 0 Å². The van der Waals surface area contributed by atoms with Gasteiger partial charge in [0, 0.05) is 33.5 Å². The molecule has 0 bridgehead atoms. The van der Waals surface area contributed by atoms with Crippen LogP contribution in [0.2, 0.25) is 0 Å². The lowest BCUT2D eigenvalue weighted by Gasteiger charge is -2.12. The predicted octanol–water partition coefficient (Wildman–Crippen LogP) is 3.94. The Morgan fingerprint density at radius 3 is 2.30 bits per heavy atom. The largest absolute Gasteiger partial charge is 0.313 e. The Labute approximate surface area is 129 Å². The van der Waals surface area contributed by atoms with Crippen molar-refractivity contribution in [3.05, 3.63) is 45.2 Å². The average molecular weight is 334 g/mol. The minimum atomic E-state index is 0.784. The zero-order chi connectivity index (χ0) is 14.7. The maximum Gasteiger partial charge on any atom is 0.160 e. The van der Waals surface area contributed by atoms with Crippen LogP contribution in [0.4, 0.5) is 0 Å². The van der Waals surface area contributed by atoms with Crippen molar-refractivity contribution in [2.24, 2.45) is 0 Å². The fourth-order valence-corrected chi connectivity index (χ4v) is 2.84. The highest BCUT2D eigenvalue weighted by molar-refractivity contribution is 9.10. The van der Waals surface area contributed by atoms with E-state index in [9.17, 15) is 0 Å². The molecule has 0 aliphatic carbocycles. The first-order valence-electron chi connectivity index (χ1n) is 6.84. The topological polar surface area (TPSA) is 37.8 Å². The summed E-state index contributed by atoms with van der Waals surface area (Å²) in [6.45, 7) is 10.0. The van der Waals surface area contributed by atoms with E-state index < -0.39 is 0 Å². The Balaban J connectivity index is 2.44. The Morgan fingerprint density at radius 1 is 1.10 bits per heavy atom. The van der Waals surface area contributed by atoms with Crippen LogP contribution in [-0.2, 0) is 6.54 Å². The molecule has 0 aliphatic heterocycles. The first kappa shape index (κ1) is 15.1. The monoisotopic (exact) mass is 333 g/mol. The number of rotatable bonds is 4. The third-order valence-corrected chi connectivity index (χ3v) is 3.99. The van der Waals surface area contributed by atoms with Crippen LogP contribution in [0.15, 0.2) is 22.7 Å². The molecule has 1 aromatic carbocycles. The predicted molar refractivity (Wildman–Crippen MR) is 86.8 cm³/mol. The average Bonchev–Trinajstić information content (AvgIpc) is 2.37. The Morgan fingerprint density at radius 2 is 1.75 bits per heavy atom. The Kier molecular flexibility index (Phi) is 4.89. The van der Waals surface area contributed by atoms with Crippen molar-refractivity contribution in [1.29, 1.82) is 0 Å². The van der Waals surface area contributed by atoms with E-state index in [0.29, 0.717) is 0 Å². The SMILES string of the molecule is CCNCc1c(C)nc(-c2ccc(C)cc2Br)nc1C. The Hall–Kier alpha value is -1.26. The smallest absolute Gasteiger partial charge is 0.160 e. The summed E-state index contributed by atoms with van der Waals surface area (Å²) >= 11 is 3.60. The van der Waals surface area contributed by atoms with Gasteiger partial charge in [-0.15, -0.1) is 0 Å². The molecule has 0 radical (unpaired) electrons. The second-order valence-electron chi connectivity index (χ2n) is 4.96. The molecule has 2 aromatic rings. The lowest BCUT2D eigenvalue weighted by Crippen LogP contribution is -2.15. The summed E-state index contributed by atoms with van der Waals surface area (Å²) in [7, 11) is 0. The van der Waals surface area contributed by atoms with E-state index in [0.717, 1.165) is 40.3 Å². The summed E-state index contributed by atoms with van der Waals surface area (Å²) in [5, 5.41) is 3.34.